The number of hydrogen-bond donors (Lipinski definition) is 1. The van der Waals surface area contributed by atoms with Gasteiger partial charge in [0.05, 0.1) is 16.7 Å². The average molecular weight is 671 g/mol. The quantitative estimate of drug-likeness (QED) is 0.200. The first-order valence-electron chi connectivity index (χ1n) is 18.5. The van der Waals surface area contributed by atoms with Crippen LogP contribution in [0.4, 0.5) is 0 Å². The van der Waals surface area contributed by atoms with Gasteiger partial charge in [0.1, 0.15) is 11.8 Å². The molecule has 1 aromatic heterocycles. The molecule has 0 saturated heterocycles. The Labute approximate surface area is 293 Å². The van der Waals surface area contributed by atoms with Gasteiger partial charge in [-0.1, -0.05) is 102 Å². The average Bonchev–Trinajstić information content (AvgIpc) is 3.05. The van der Waals surface area contributed by atoms with Crippen LogP contribution in [0.5, 0.6) is 0 Å². The van der Waals surface area contributed by atoms with Gasteiger partial charge in [0, 0.05) is 12.5 Å². The number of carbonyl (C=O) groups is 2. The third-order valence-electron chi connectivity index (χ3n) is 15.5. The van der Waals surface area contributed by atoms with E-state index in [4.69, 9.17) is 21.3 Å². The van der Waals surface area contributed by atoms with E-state index in [0.29, 0.717) is 41.0 Å². The molecule has 6 heteroatoms. The Kier molecular flexibility index (Phi) is 8.06. The molecule has 5 aliphatic rings. The minimum absolute atomic E-state index is 0.000976. The summed E-state index contributed by atoms with van der Waals surface area (Å²) in [6.45, 7) is 17.6. The van der Waals surface area contributed by atoms with Crippen LogP contribution >= 0.6 is 11.6 Å². The number of halogens is 1. The van der Waals surface area contributed by atoms with Crippen molar-refractivity contribution in [2.45, 2.75) is 112 Å². The number of pyridine rings is 1. The van der Waals surface area contributed by atoms with Crippen LogP contribution in [0.1, 0.15) is 121 Å². The Morgan fingerprint density at radius 3 is 2.42 bits per heavy atom. The van der Waals surface area contributed by atoms with Gasteiger partial charge in [-0.15, -0.1) is 0 Å². The lowest BCUT2D eigenvalue weighted by atomic mass is 9.33. The lowest BCUT2D eigenvalue weighted by Crippen LogP contribution is -2.65. The zero-order chi connectivity index (χ0) is 34.4. The van der Waals surface area contributed by atoms with Gasteiger partial charge in [0.25, 0.3) is 5.91 Å². The van der Waals surface area contributed by atoms with Gasteiger partial charge in [0.15, 0.2) is 0 Å². The van der Waals surface area contributed by atoms with E-state index in [1.807, 2.05) is 36.4 Å². The highest BCUT2D eigenvalue weighted by Gasteiger charge is 2.69. The second-order valence-corrected chi connectivity index (χ2v) is 18.0. The van der Waals surface area contributed by atoms with Crippen LogP contribution in [0, 0.1) is 51.2 Å². The van der Waals surface area contributed by atoms with Gasteiger partial charge in [0.2, 0.25) is 0 Å². The molecule has 2 aromatic rings. The predicted octanol–water partition coefficient (Wildman–Crippen LogP) is 9.51. The topological polar surface area (TPSA) is 68.3 Å². The fraction of sp³-hybridized carbons (Fsp3) is 0.643. The van der Waals surface area contributed by atoms with Crippen molar-refractivity contribution in [1.29, 1.82) is 0 Å². The van der Waals surface area contributed by atoms with Crippen LogP contribution in [0.2, 0.25) is 5.15 Å². The number of esters is 1. The minimum atomic E-state index is -0.455. The van der Waals surface area contributed by atoms with Crippen molar-refractivity contribution in [2.24, 2.45) is 51.2 Å². The number of allylic oxidation sites excluding steroid dienone is 2. The smallest absolute Gasteiger partial charge is 0.313 e. The van der Waals surface area contributed by atoms with Gasteiger partial charge in [-0.05, 0) is 114 Å². The Balaban J connectivity index is 1.28. The molecule has 0 aliphatic heterocycles. The van der Waals surface area contributed by atoms with Crippen molar-refractivity contribution in [3.8, 4) is 0 Å². The summed E-state index contributed by atoms with van der Waals surface area (Å²) < 4.78 is 6.23. The predicted molar refractivity (Wildman–Crippen MR) is 192 cm³/mol. The van der Waals surface area contributed by atoms with E-state index in [9.17, 15) is 9.59 Å². The molecular weight excluding hydrogens is 616 g/mol. The molecular formula is C42H55ClN2O3. The Bertz CT molecular complexity index is 1670. The Hall–Kier alpha value is -2.66. The fourth-order valence-electron chi connectivity index (χ4n) is 12.6. The number of amides is 1. The summed E-state index contributed by atoms with van der Waals surface area (Å²) in [6.07, 6.45) is 10.7. The second kappa shape index (κ2) is 11.4. The number of benzene rings is 1. The van der Waals surface area contributed by atoms with Gasteiger partial charge in [-0.25, -0.2) is 4.98 Å². The van der Waals surface area contributed by atoms with Crippen molar-refractivity contribution in [3.63, 3.8) is 0 Å². The van der Waals surface area contributed by atoms with Crippen LogP contribution in [0.3, 0.4) is 0 Å². The molecule has 3 saturated carbocycles. The van der Waals surface area contributed by atoms with Crippen molar-refractivity contribution >= 4 is 23.5 Å². The zero-order valence-electron chi connectivity index (χ0n) is 30.3. The molecule has 1 N–H and O–H groups in total. The van der Waals surface area contributed by atoms with E-state index in [1.54, 1.807) is 12.6 Å². The summed E-state index contributed by atoms with van der Waals surface area (Å²) in [6, 6.07) is 12.2. The molecule has 1 amide bonds. The van der Waals surface area contributed by atoms with Crippen LogP contribution in [0.15, 0.2) is 48.0 Å². The number of aromatic nitrogens is 1. The number of ether oxygens (including phenoxy) is 1. The highest BCUT2D eigenvalue weighted by molar-refractivity contribution is 6.32. The van der Waals surface area contributed by atoms with E-state index in [-0.39, 0.29) is 39.5 Å². The molecule has 0 unspecified atom stereocenters. The highest BCUT2D eigenvalue weighted by atomic mass is 35.5. The molecule has 0 spiro atoms. The molecule has 0 bridgehead atoms. The lowest BCUT2D eigenvalue weighted by Gasteiger charge is -2.71. The molecule has 1 aromatic carbocycles. The molecule has 5 aliphatic carbocycles. The summed E-state index contributed by atoms with van der Waals surface area (Å²) in [7, 11) is 1.65. The fourth-order valence-corrected chi connectivity index (χ4v) is 12.8. The third-order valence-corrected chi connectivity index (χ3v) is 15.7. The summed E-state index contributed by atoms with van der Waals surface area (Å²) in [4.78, 5) is 32.1. The SMILES string of the molecule is CNC(=O)c1cc2c(nc1Cl)C(C)(C)[C@H]1CC[C@@]3(C)[C@@H](CC=C4[C@@H]5[C@@H](C)[C@@H](C)CC[C@]5(C(=O)OCc5ccccc5)CC[C@]43C)[C@]1(C)C2. The molecule has 0 radical (unpaired) electrons. The normalized spacial score (nSPS) is 39.4. The number of nitrogens with zero attached hydrogens (tertiary/aromatic N) is 1. The van der Waals surface area contributed by atoms with E-state index in [1.165, 1.54) is 5.56 Å². The summed E-state index contributed by atoms with van der Waals surface area (Å²) >= 11 is 6.65. The van der Waals surface area contributed by atoms with Crippen LogP contribution in [0.25, 0.3) is 0 Å². The first-order chi connectivity index (χ1) is 22.6. The van der Waals surface area contributed by atoms with E-state index >= 15 is 0 Å². The number of carbonyl (C=O) groups excluding carboxylic acids is 2. The number of rotatable bonds is 4. The molecule has 9 atom stereocenters. The second-order valence-electron chi connectivity index (χ2n) is 17.7. The van der Waals surface area contributed by atoms with Crippen LogP contribution < -0.4 is 5.32 Å². The molecule has 258 valence electrons. The standard InChI is InChI=1S/C42H55ClN2O3/c1-25-16-19-42(37(47)48-24-27-12-10-9-11-13-27)21-20-40(6)30(33(42)26(25)2)14-15-32-39(5)23-28-22-29(36(46)44-8)35(43)45-34(28)38(3,4)31(39)17-18-41(32,40)7/h9-14,22,25-26,31-33H,15-21,23-24H2,1-8H3,(H,44,46)/t25-,26-,31+,32-,33-,39+,40+,41-,42-/m0/s1. The number of hydrogen-bond acceptors (Lipinski definition) is 4. The van der Waals surface area contributed by atoms with Crippen molar-refractivity contribution in [2.75, 3.05) is 7.05 Å². The van der Waals surface area contributed by atoms with Crippen molar-refractivity contribution < 1.29 is 14.3 Å². The molecule has 48 heavy (non-hydrogen) atoms. The van der Waals surface area contributed by atoms with E-state index in [0.717, 1.165) is 62.6 Å². The van der Waals surface area contributed by atoms with Crippen molar-refractivity contribution in [3.05, 3.63) is 75.6 Å². The third kappa shape index (κ3) is 4.57. The molecule has 3 fully saturated rings. The van der Waals surface area contributed by atoms with Crippen LogP contribution in [-0.4, -0.2) is 23.9 Å². The maximum absolute atomic E-state index is 14.4. The van der Waals surface area contributed by atoms with Gasteiger partial charge in [-0.3, -0.25) is 9.59 Å². The molecule has 7 rings (SSSR count). The summed E-state index contributed by atoms with van der Waals surface area (Å²) in [5, 5.41) is 3.05. The summed E-state index contributed by atoms with van der Waals surface area (Å²) in [5.74, 6) is 1.94. The highest BCUT2D eigenvalue weighted by Crippen LogP contribution is 2.75. The van der Waals surface area contributed by atoms with Gasteiger partial charge < -0.3 is 10.1 Å². The lowest BCUT2D eigenvalue weighted by molar-refractivity contribution is -0.184. The maximum atomic E-state index is 14.4. The number of fused-ring (bicyclic) bond motifs is 8. The first kappa shape index (κ1) is 33.8. The number of nitrogens with one attached hydrogen (secondary N) is 1. The van der Waals surface area contributed by atoms with Crippen LogP contribution in [-0.2, 0) is 28.0 Å². The molecule has 1 heterocycles. The van der Waals surface area contributed by atoms with Gasteiger partial charge in [-0.2, -0.15) is 0 Å². The monoisotopic (exact) mass is 670 g/mol. The summed E-state index contributed by atoms with van der Waals surface area (Å²) in [5.41, 5.74) is 4.78. The molecule has 5 nitrogen and oxygen atoms in total. The zero-order valence-corrected chi connectivity index (χ0v) is 31.1. The largest absolute Gasteiger partial charge is 0.460 e. The Morgan fingerprint density at radius 2 is 1.71 bits per heavy atom. The Morgan fingerprint density at radius 1 is 0.979 bits per heavy atom. The van der Waals surface area contributed by atoms with E-state index < -0.39 is 5.41 Å². The maximum Gasteiger partial charge on any atom is 0.313 e. The first-order valence-corrected chi connectivity index (χ1v) is 18.9. The van der Waals surface area contributed by atoms with Crippen molar-refractivity contribution in [1.82, 2.24) is 10.3 Å². The minimum Gasteiger partial charge on any atom is -0.460 e. The van der Waals surface area contributed by atoms with E-state index in [2.05, 4.69) is 59.9 Å². The van der Waals surface area contributed by atoms with Gasteiger partial charge >= 0.3 is 5.97 Å².